The largest absolute Gasteiger partial charge is 0.416 e. The molecule has 1 aliphatic heterocycles. The molecule has 0 N–H and O–H groups in total. The second kappa shape index (κ2) is 7.97. The topological polar surface area (TPSA) is 40.6 Å². The molecule has 2 atom stereocenters. The highest BCUT2D eigenvalue weighted by Crippen LogP contribution is 2.44. The van der Waals surface area contributed by atoms with Crippen LogP contribution in [0, 0.1) is 5.92 Å². The minimum absolute atomic E-state index is 0.0166. The zero-order valence-corrected chi connectivity index (χ0v) is 17.0. The molecule has 1 heterocycles. The lowest BCUT2D eigenvalue weighted by Gasteiger charge is -2.31. The summed E-state index contributed by atoms with van der Waals surface area (Å²) < 4.78 is 39.3. The number of benzene rings is 1. The molecule has 1 saturated carbocycles. The molecular weight excluding hydrogens is 389 g/mol. The summed E-state index contributed by atoms with van der Waals surface area (Å²) >= 11 is 1.35. The van der Waals surface area contributed by atoms with Gasteiger partial charge in [-0.3, -0.25) is 9.59 Å². The highest BCUT2D eigenvalue weighted by atomic mass is 32.2. The number of nitrogens with zero attached hydrogens (tertiary/aromatic N) is 2. The van der Waals surface area contributed by atoms with Crippen molar-refractivity contribution in [3.8, 4) is 0 Å². The summed E-state index contributed by atoms with van der Waals surface area (Å²) in [4.78, 5) is 28.5. The van der Waals surface area contributed by atoms with Gasteiger partial charge in [-0.05, 0) is 51.3 Å². The fraction of sp³-hybridized carbons (Fsp3) is 0.600. The number of amides is 2. The summed E-state index contributed by atoms with van der Waals surface area (Å²) in [6, 6.07) is 5.17. The van der Waals surface area contributed by atoms with E-state index in [4.69, 9.17) is 0 Å². The van der Waals surface area contributed by atoms with Crippen molar-refractivity contribution in [3.63, 3.8) is 0 Å². The first-order valence-corrected chi connectivity index (χ1v) is 10.5. The summed E-state index contributed by atoms with van der Waals surface area (Å²) in [5.41, 5.74) is -0.257. The van der Waals surface area contributed by atoms with Crippen LogP contribution in [0.15, 0.2) is 24.3 Å². The molecule has 0 bridgehead atoms. The van der Waals surface area contributed by atoms with E-state index in [2.05, 4.69) is 0 Å². The Morgan fingerprint density at radius 2 is 2.00 bits per heavy atom. The molecule has 4 nitrogen and oxygen atoms in total. The lowest BCUT2D eigenvalue weighted by atomic mass is 10.1. The number of halogens is 3. The van der Waals surface area contributed by atoms with Gasteiger partial charge in [-0.1, -0.05) is 12.1 Å². The Bertz CT molecular complexity index is 749. The number of carbonyl (C=O) groups excluding carboxylic acids is 2. The number of hydrogen-bond donors (Lipinski definition) is 0. The summed E-state index contributed by atoms with van der Waals surface area (Å²) in [5.74, 6) is 0.0946. The van der Waals surface area contributed by atoms with Gasteiger partial charge >= 0.3 is 6.18 Å². The number of hydrogen-bond acceptors (Lipinski definition) is 3. The molecule has 1 aliphatic carbocycles. The molecule has 8 heteroatoms. The predicted molar refractivity (Wildman–Crippen MR) is 103 cm³/mol. The first-order valence-electron chi connectivity index (χ1n) is 9.53. The first-order chi connectivity index (χ1) is 13.1. The van der Waals surface area contributed by atoms with Crippen LogP contribution in [0.5, 0.6) is 0 Å². The molecule has 2 aliphatic rings. The normalized spacial score (nSPS) is 22.8. The Balaban J connectivity index is 1.78. The van der Waals surface area contributed by atoms with Gasteiger partial charge in [0.05, 0.1) is 10.8 Å². The van der Waals surface area contributed by atoms with Gasteiger partial charge in [0.15, 0.2) is 0 Å². The minimum Gasteiger partial charge on any atom is -0.338 e. The van der Waals surface area contributed by atoms with E-state index in [-0.39, 0.29) is 29.0 Å². The maximum atomic E-state index is 13.1. The summed E-state index contributed by atoms with van der Waals surface area (Å²) in [7, 11) is 0. The van der Waals surface area contributed by atoms with Gasteiger partial charge in [0.25, 0.3) is 0 Å². The van der Waals surface area contributed by atoms with Crippen molar-refractivity contribution in [3.05, 3.63) is 35.4 Å². The van der Waals surface area contributed by atoms with E-state index in [1.807, 2.05) is 13.8 Å². The zero-order chi connectivity index (χ0) is 20.6. The van der Waals surface area contributed by atoms with Gasteiger partial charge in [-0.25, -0.2) is 0 Å². The maximum Gasteiger partial charge on any atom is 0.416 e. The Kier molecular flexibility index (Phi) is 5.98. The van der Waals surface area contributed by atoms with Crippen LogP contribution >= 0.6 is 11.8 Å². The van der Waals surface area contributed by atoms with Gasteiger partial charge in [-0.15, -0.1) is 11.8 Å². The van der Waals surface area contributed by atoms with Crippen LogP contribution in [0.25, 0.3) is 0 Å². The summed E-state index contributed by atoms with van der Waals surface area (Å²) in [5, 5.41) is -0.805. The average molecular weight is 414 g/mol. The fourth-order valence-electron chi connectivity index (χ4n) is 3.43. The molecule has 2 amide bonds. The lowest BCUT2D eigenvalue weighted by Crippen LogP contribution is -2.44. The van der Waals surface area contributed by atoms with Crippen LogP contribution in [0.3, 0.4) is 0 Å². The highest BCUT2D eigenvalue weighted by Gasteiger charge is 2.41. The number of thioether (sulfide) groups is 1. The molecule has 2 fully saturated rings. The van der Waals surface area contributed by atoms with E-state index in [9.17, 15) is 22.8 Å². The lowest BCUT2D eigenvalue weighted by molar-refractivity contribution is -0.138. The standard InChI is InChI=1S/C20H25F3N2O2S/c1-12(2)24(18(27)14-7-8-14)9-10-25-17(26)13(3)28-19(25)15-5-4-6-16(11-15)20(21,22)23/h4-6,11-14,19H,7-10H2,1-3H3/t13-,19+/m1/s1. The van der Waals surface area contributed by atoms with Crippen LogP contribution in [0.2, 0.25) is 0 Å². The fourth-order valence-corrected chi connectivity index (χ4v) is 4.73. The van der Waals surface area contributed by atoms with Crippen molar-refractivity contribution in [1.82, 2.24) is 9.80 Å². The Hall–Kier alpha value is -1.70. The van der Waals surface area contributed by atoms with E-state index in [0.717, 1.165) is 25.0 Å². The van der Waals surface area contributed by atoms with Gasteiger partial charge < -0.3 is 9.80 Å². The van der Waals surface area contributed by atoms with Gasteiger partial charge in [-0.2, -0.15) is 13.2 Å². The molecule has 0 radical (unpaired) electrons. The molecule has 1 saturated heterocycles. The molecule has 3 rings (SSSR count). The highest BCUT2D eigenvalue weighted by molar-refractivity contribution is 8.01. The number of carbonyl (C=O) groups is 2. The molecule has 1 aromatic rings. The van der Waals surface area contributed by atoms with E-state index >= 15 is 0 Å². The third kappa shape index (κ3) is 4.47. The van der Waals surface area contributed by atoms with Crippen LogP contribution in [-0.4, -0.2) is 46.0 Å². The van der Waals surface area contributed by atoms with Crippen LogP contribution < -0.4 is 0 Å². The van der Waals surface area contributed by atoms with Crippen molar-refractivity contribution < 1.29 is 22.8 Å². The van der Waals surface area contributed by atoms with Crippen molar-refractivity contribution in [2.45, 2.75) is 56.5 Å². The number of alkyl halides is 3. The van der Waals surface area contributed by atoms with Gasteiger partial charge in [0, 0.05) is 25.0 Å². The monoisotopic (exact) mass is 414 g/mol. The summed E-state index contributed by atoms with van der Waals surface area (Å²) in [6.07, 6.45) is -2.61. The average Bonchev–Trinajstić information content (AvgIpc) is 3.43. The van der Waals surface area contributed by atoms with E-state index in [1.54, 1.807) is 22.8 Å². The maximum absolute atomic E-state index is 13.1. The molecule has 1 aromatic carbocycles. The molecule has 28 heavy (non-hydrogen) atoms. The van der Waals surface area contributed by atoms with E-state index in [0.29, 0.717) is 18.7 Å². The Labute approximate surface area is 167 Å². The van der Waals surface area contributed by atoms with Crippen molar-refractivity contribution in [1.29, 1.82) is 0 Å². The molecular formula is C20H25F3N2O2S. The zero-order valence-electron chi connectivity index (χ0n) is 16.2. The van der Waals surface area contributed by atoms with E-state index in [1.165, 1.54) is 17.8 Å². The third-order valence-corrected chi connectivity index (χ3v) is 6.56. The summed E-state index contributed by atoms with van der Waals surface area (Å²) in [6.45, 7) is 6.35. The minimum atomic E-state index is -4.43. The molecule has 0 unspecified atom stereocenters. The van der Waals surface area contributed by atoms with Crippen molar-refractivity contribution in [2.24, 2.45) is 5.92 Å². The van der Waals surface area contributed by atoms with Crippen molar-refractivity contribution in [2.75, 3.05) is 13.1 Å². The molecule has 0 spiro atoms. The van der Waals surface area contributed by atoms with Crippen LogP contribution in [-0.2, 0) is 15.8 Å². The second-order valence-electron chi connectivity index (χ2n) is 7.69. The number of rotatable bonds is 6. The molecule has 154 valence electrons. The van der Waals surface area contributed by atoms with E-state index < -0.39 is 17.1 Å². The molecule has 0 aromatic heterocycles. The van der Waals surface area contributed by atoms with Crippen LogP contribution in [0.4, 0.5) is 13.2 Å². The predicted octanol–water partition coefficient (Wildman–Crippen LogP) is 4.31. The van der Waals surface area contributed by atoms with Gasteiger partial charge in [0.2, 0.25) is 11.8 Å². The first kappa shape index (κ1) is 21.0. The van der Waals surface area contributed by atoms with Crippen molar-refractivity contribution >= 4 is 23.6 Å². The van der Waals surface area contributed by atoms with Gasteiger partial charge in [0.1, 0.15) is 5.37 Å². The Morgan fingerprint density at radius 3 is 2.57 bits per heavy atom. The SMILES string of the molecule is CC(C)N(CCN1C(=O)[C@@H](C)S[C@H]1c1cccc(C(F)(F)F)c1)C(=O)C1CC1. The smallest absolute Gasteiger partial charge is 0.338 e. The quantitative estimate of drug-likeness (QED) is 0.696. The third-order valence-electron chi connectivity index (χ3n) is 5.16. The van der Waals surface area contributed by atoms with Crippen LogP contribution in [0.1, 0.15) is 50.1 Å². The Morgan fingerprint density at radius 1 is 1.32 bits per heavy atom. The second-order valence-corrected chi connectivity index (χ2v) is 9.11.